The Morgan fingerprint density at radius 2 is 1.35 bits per heavy atom. The number of nitrogens with one attached hydrogen (secondary N) is 1. The number of aliphatic imine (C=N–C) groups is 2. The van der Waals surface area contributed by atoms with Gasteiger partial charge in [0.05, 0.1) is 12.1 Å². The molecule has 0 aromatic rings. The molecule has 0 fully saturated rings. The summed E-state index contributed by atoms with van der Waals surface area (Å²) in [6, 6.07) is 1.54. The third-order valence-electron chi connectivity index (χ3n) is 3.10. The lowest BCUT2D eigenvalue weighted by Gasteiger charge is -2.06. The van der Waals surface area contributed by atoms with Crippen molar-refractivity contribution >= 4 is 12.0 Å². The van der Waals surface area contributed by atoms with Crippen molar-refractivity contribution in [1.82, 2.24) is 5.32 Å². The van der Waals surface area contributed by atoms with Gasteiger partial charge < -0.3 is 9.47 Å². The van der Waals surface area contributed by atoms with E-state index < -0.39 is 0 Å². The fraction of sp³-hybridized carbons (Fsp3) is 0.833. The maximum absolute atomic E-state index is 5.46. The van der Waals surface area contributed by atoms with Gasteiger partial charge in [0, 0.05) is 0 Å². The molecule has 1 N–H and O–H groups in total. The van der Waals surface area contributed by atoms with Crippen LogP contribution in [0.2, 0.25) is 0 Å². The summed E-state index contributed by atoms with van der Waals surface area (Å²) >= 11 is 0. The standard InChI is InChI=1S/C12H21N3O2/c1-7(2)9-5-16-11(13-9)15-12-14-10(6-17-12)8(3)4/h7-10H,5-6H2,1-4H3,(H,13,14,15)/t9-,10-/m1/s1. The lowest BCUT2D eigenvalue weighted by molar-refractivity contribution is 0.271. The molecule has 0 amide bonds. The highest BCUT2D eigenvalue weighted by atomic mass is 16.5. The van der Waals surface area contributed by atoms with Crippen LogP contribution in [0.5, 0.6) is 0 Å². The largest absolute Gasteiger partial charge is 0.463 e. The Morgan fingerprint density at radius 3 is 1.65 bits per heavy atom. The molecule has 2 rings (SSSR count). The molecule has 0 aliphatic carbocycles. The first-order valence-corrected chi connectivity index (χ1v) is 6.24. The molecule has 2 atom stereocenters. The van der Waals surface area contributed by atoms with E-state index >= 15 is 0 Å². The number of nitrogens with zero attached hydrogens (tertiary/aromatic N) is 2. The molecule has 0 aromatic heterocycles. The minimum Gasteiger partial charge on any atom is -0.463 e. The van der Waals surface area contributed by atoms with Crippen LogP contribution < -0.4 is 5.32 Å². The van der Waals surface area contributed by atoms with Gasteiger partial charge in [-0.3, -0.25) is 5.32 Å². The van der Waals surface area contributed by atoms with Gasteiger partial charge in [-0.25, -0.2) is 9.98 Å². The summed E-state index contributed by atoms with van der Waals surface area (Å²) in [5.41, 5.74) is 0. The number of ether oxygens (including phenoxy) is 2. The summed E-state index contributed by atoms with van der Waals surface area (Å²) in [5, 5.41) is 3.00. The molecule has 0 unspecified atom stereocenters. The normalized spacial score (nSPS) is 27.9. The molecule has 96 valence electrons. The van der Waals surface area contributed by atoms with Crippen molar-refractivity contribution in [3.63, 3.8) is 0 Å². The molecular formula is C12H21N3O2. The van der Waals surface area contributed by atoms with Crippen molar-refractivity contribution < 1.29 is 9.47 Å². The van der Waals surface area contributed by atoms with Crippen molar-refractivity contribution in [2.75, 3.05) is 13.2 Å². The van der Waals surface area contributed by atoms with Crippen molar-refractivity contribution in [1.29, 1.82) is 0 Å². The average molecular weight is 239 g/mol. The molecule has 2 heterocycles. The maximum atomic E-state index is 5.46. The van der Waals surface area contributed by atoms with Gasteiger partial charge in [-0.2, -0.15) is 0 Å². The Morgan fingerprint density at radius 1 is 0.941 bits per heavy atom. The first-order valence-electron chi connectivity index (χ1n) is 6.24. The molecule has 0 aromatic carbocycles. The predicted molar refractivity (Wildman–Crippen MR) is 67.2 cm³/mol. The predicted octanol–water partition coefficient (Wildman–Crippen LogP) is 1.40. The maximum Gasteiger partial charge on any atom is 0.293 e. The van der Waals surface area contributed by atoms with Crippen LogP contribution in [0.3, 0.4) is 0 Å². The number of hydrogen-bond donors (Lipinski definition) is 1. The van der Waals surface area contributed by atoms with Crippen LogP contribution in [0.1, 0.15) is 27.7 Å². The average Bonchev–Trinajstić information content (AvgIpc) is 2.87. The topological polar surface area (TPSA) is 55.2 Å². The Balaban J connectivity index is 1.91. The van der Waals surface area contributed by atoms with Crippen LogP contribution in [0.15, 0.2) is 9.98 Å². The zero-order chi connectivity index (χ0) is 12.4. The van der Waals surface area contributed by atoms with Crippen molar-refractivity contribution in [3.8, 4) is 0 Å². The van der Waals surface area contributed by atoms with E-state index in [4.69, 9.17) is 9.47 Å². The molecule has 5 heteroatoms. The molecule has 17 heavy (non-hydrogen) atoms. The SMILES string of the molecule is CC(C)[C@H]1COC(NC2=N[C@@H](C(C)C)CO2)=N1. The number of amidine groups is 2. The first-order chi connectivity index (χ1) is 8.06. The highest BCUT2D eigenvalue weighted by Gasteiger charge is 2.26. The summed E-state index contributed by atoms with van der Waals surface area (Å²) in [7, 11) is 0. The third kappa shape index (κ3) is 2.90. The molecule has 0 spiro atoms. The molecule has 5 nitrogen and oxygen atoms in total. The molecule has 0 saturated heterocycles. The zero-order valence-electron chi connectivity index (χ0n) is 10.9. The summed E-state index contributed by atoms with van der Waals surface area (Å²) in [6.07, 6.45) is 0. The quantitative estimate of drug-likeness (QED) is 0.792. The lowest BCUT2D eigenvalue weighted by atomic mass is 10.1. The van der Waals surface area contributed by atoms with E-state index in [1.165, 1.54) is 0 Å². The third-order valence-corrected chi connectivity index (χ3v) is 3.10. The molecule has 2 aliphatic rings. The van der Waals surface area contributed by atoms with Gasteiger partial charge >= 0.3 is 0 Å². The molecule has 2 aliphatic heterocycles. The van der Waals surface area contributed by atoms with Gasteiger partial charge in [-0.1, -0.05) is 27.7 Å². The summed E-state index contributed by atoms with van der Waals surface area (Å²) in [6.45, 7) is 9.83. The summed E-state index contributed by atoms with van der Waals surface area (Å²) in [5.74, 6) is 0.980. The van der Waals surface area contributed by atoms with Crippen LogP contribution in [0.4, 0.5) is 0 Å². The Labute approximate surface area is 102 Å². The van der Waals surface area contributed by atoms with Crippen LogP contribution in [0, 0.1) is 11.8 Å². The van der Waals surface area contributed by atoms with E-state index in [0.717, 1.165) is 0 Å². The zero-order valence-corrected chi connectivity index (χ0v) is 10.9. The Hall–Kier alpha value is -1.26. The monoisotopic (exact) mass is 239 g/mol. The van der Waals surface area contributed by atoms with E-state index in [-0.39, 0.29) is 12.1 Å². The van der Waals surface area contributed by atoms with Crippen LogP contribution in [-0.2, 0) is 9.47 Å². The highest BCUT2D eigenvalue weighted by molar-refractivity contribution is 5.94. The van der Waals surface area contributed by atoms with Gasteiger partial charge in [0.2, 0.25) is 0 Å². The number of hydrogen-bond acceptors (Lipinski definition) is 5. The Kier molecular flexibility index (Phi) is 3.54. The summed E-state index contributed by atoms with van der Waals surface area (Å²) < 4.78 is 10.9. The second-order valence-electron chi connectivity index (χ2n) is 5.24. The number of rotatable bonds is 2. The lowest BCUT2D eigenvalue weighted by Crippen LogP contribution is -2.30. The summed E-state index contributed by atoms with van der Waals surface area (Å²) in [4.78, 5) is 8.89. The van der Waals surface area contributed by atoms with Crippen molar-refractivity contribution in [3.05, 3.63) is 0 Å². The van der Waals surface area contributed by atoms with E-state index in [2.05, 4.69) is 43.0 Å². The van der Waals surface area contributed by atoms with Gasteiger partial charge in [0.15, 0.2) is 0 Å². The second-order valence-corrected chi connectivity index (χ2v) is 5.24. The molecular weight excluding hydrogens is 218 g/mol. The van der Waals surface area contributed by atoms with Gasteiger partial charge in [0.1, 0.15) is 13.2 Å². The van der Waals surface area contributed by atoms with Crippen LogP contribution in [0.25, 0.3) is 0 Å². The smallest absolute Gasteiger partial charge is 0.293 e. The van der Waals surface area contributed by atoms with E-state index in [0.29, 0.717) is 37.1 Å². The van der Waals surface area contributed by atoms with Crippen LogP contribution >= 0.6 is 0 Å². The van der Waals surface area contributed by atoms with Crippen molar-refractivity contribution in [2.24, 2.45) is 21.8 Å². The highest BCUT2D eigenvalue weighted by Crippen LogP contribution is 2.15. The molecule has 0 saturated carbocycles. The van der Waals surface area contributed by atoms with Gasteiger partial charge in [-0.05, 0) is 11.8 Å². The minimum atomic E-state index is 0.236. The first kappa shape index (κ1) is 12.2. The van der Waals surface area contributed by atoms with Gasteiger partial charge in [-0.15, -0.1) is 0 Å². The van der Waals surface area contributed by atoms with E-state index in [9.17, 15) is 0 Å². The van der Waals surface area contributed by atoms with Gasteiger partial charge in [0.25, 0.3) is 12.0 Å². The van der Waals surface area contributed by atoms with Crippen LogP contribution in [-0.4, -0.2) is 37.3 Å². The molecule has 0 bridgehead atoms. The molecule has 0 radical (unpaired) electrons. The Bertz CT molecular complexity index is 305. The van der Waals surface area contributed by atoms with E-state index in [1.807, 2.05) is 0 Å². The van der Waals surface area contributed by atoms with E-state index in [1.54, 1.807) is 0 Å². The minimum absolute atomic E-state index is 0.236. The fourth-order valence-corrected chi connectivity index (χ4v) is 1.69. The fourth-order valence-electron chi connectivity index (χ4n) is 1.69. The second kappa shape index (κ2) is 4.94. The van der Waals surface area contributed by atoms with Crippen molar-refractivity contribution in [2.45, 2.75) is 39.8 Å².